The fourth-order valence-electron chi connectivity index (χ4n) is 1.62. The van der Waals surface area contributed by atoms with E-state index >= 15 is 0 Å². The number of allylic oxidation sites excluding steroid dienone is 1. The summed E-state index contributed by atoms with van der Waals surface area (Å²) >= 11 is 0. The molecule has 2 rings (SSSR count). The third kappa shape index (κ3) is 5.35. The van der Waals surface area contributed by atoms with Crippen LogP contribution in [0.3, 0.4) is 0 Å². The monoisotopic (exact) mass is 348 g/mol. The van der Waals surface area contributed by atoms with Crippen molar-refractivity contribution in [3.63, 3.8) is 0 Å². The fraction of sp³-hybridized carbons (Fsp3) is 0.0714. The molecule has 0 saturated heterocycles. The van der Waals surface area contributed by atoms with Gasteiger partial charge in [-0.05, 0) is 25.1 Å². The lowest BCUT2D eigenvalue weighted by molar-refractivity contribution is -0.404. The highest BCUT2D eigenvalue weighted by molar-refractivity contribution is 5.64. The number of hydrogen-bond donors (Lipinski definition) is 1. The predicted octanol–water partition coefficient (Wildman–Crippen LogP) is 3.23. The quantitative estimate of drug-likeness (QED) is 0.650. The first-order valence-corrected chi connectivity index (χ1v) is 6.61. The summed E-state index contributed by atoms with van der Waals surface area (Å²) < 4.78 is 0. The van der Waals surface area contributed by atoms with Crippen LogP contribution in [-0.2, 0) is 0 Å². The van der Waals surface area contributed by atoms with Crippen LogP contribution >= 0.6 is 0 Å². The van der Waals surface area contributed by atoms with Gasteiger partial charge in [0.2, 0.25) is 0 Å². The van der Waals surface area contributed by atoms with Crippen molar-refractivity contribution in [3.05, 3.63) is 78.6 Å². The van der Waals surface area contributed by atoms with Crippen LogP contribution in [0.25, 0.3) is 6.08 Å². The Morgan fingerprint density at radius 2 is 1.56 bits per heavy atom. The SMILES string of the molecule is C/C=C/c1ccccn1.O=[N+]([O-])c1cc([N+](=O)[O-])c(O)c([N+](=O)[O-])c1. The van der Waals surface area contributed by atoms with E-state index < -0.39 is 37.6 Å². The van der Waals surface area contributed by atoms with Crippen LogP contribution < -0.4 is 0 Å². The first-order chi connectivity index (χ1) is 11.8. The van der Waals surface area contributed by atoms with E-state index in [1.54, 1.807) is 6.20 Å². The highest BCUT2D eigenvalue weighted by Gasteiger charge is 2.30. The minimum Gasteiger partial charge on any atom is -0.497 e. The number of phenolic OH excluding ortho intramolecular Hbond substituents is 1. The summed E-state index contributed by atoms with van der Waals surface area (Å²) in [6, 6.07) is 6.75. The topological polar surface area (TPSA) is 163 Å². The summed E-state index contributed by atoms with van der Waals surface area (Å²) in [6.45, 7) is 1.98. The Morgan fingerprint density at radius 1 is 1.00 bits per heavy atom. The highest BCUT2D eigenvalue weighted by atomic mass is 16.6. The lowest BCUT2D eigenvalue weighted by Crippen LogP contribution is -1.97. The molecule has 11 nitrogen and oxygen atoms in total. The van der Waals surface area contributed by atoms with Crippen LogP contribution in [0.4, 0.5) is 17.1 Å². The van der Waals surface area contributed by atoms with Crippen molar-refractivity contribution in [2.45, 2.75) is 6.92 Å². The fourth-order valence-corrected chi connectivity index (χ4v) is 1.62. The summed E-state index contributed by atoms with van der Waals surface area (Å²) in [7, 11) is 0. The summed E-state index contributed by atoms with van der Waals surface area (Å²) in [5, 5.41) is 40.2. The Kier molecular flexibility index (Phi) is 6.64. The second-order valence-electron chi connectivity index (χ2n) is 4.36. The molecular formula is C14H12N4O7. The lowest BCUT2D eigenvalue weighted by atomic mass is 10.2. The van der Waals surface area contributed by atoms with Crippen molar-refractivity contribution in [2.24, 2.45) is 0 Å². The second kappa shape index (κ2) is 8.67. The maximum absolute atomic E-state index is 10.4. The molecule has 0 bridgehead atoms. The van der Waals surface area contributed by atoms with Gasteiger partial charge in [0.1, 0.15) is 0 Å². The van der Waals surface area contributed by atoms with Gasteiger partial charge in [0.05, 0.1) is 32.6 Å². The maximum Gasteiger partial charge on any atom is 0.324 e. The highest BCUT2D eigenvalue weighted by Crippen LogP contribution is 2.38. The van der Waals surface area contributed by atoms with Gasteiger partial charge in [0, 0.05) is 6.20 Å². The first kappa shape index (κ1) is 19.2. The summed E-state index contributed by atoms with van der Waals surface area (Å²) in [5.74, 6) is -1.21. The molecule has 1 heterocycles. The smallest absolute Gasteiger partial charge is 0.324 e. The van der Waals surface area contributed by atoms with Crippen molar-refractivity contribution >= 4 is 23.1 Å². The summed E-state index contributed by atoms with van der Waals surface area (Å²) in [6.07, 6.45) is 5.73. The van der Waals surface area contributed by atoms with Crippen LogP contribution in [0, 0.1) is 30.3 Å². The van der Waals surface area contributed by atoms with Gasteiger partial charge in [-0.1, -0.05) is 12.1 Å². The molecule has 1 aromatic heterocycles. The van der Waals surface area contributed by atoms with Crippen LogP contribution in [0.15, 0.2) is 42.6 Å². The number of pyridine rings is 1. The Morgan fingerprint density at radius 3 is 1.92 bits per heavy atom. The normalized spacial score (nSPS) is 9.96. The molecule has 0 spiro atoms. The zero-order chi connectivity index (χ0) is 19.0. The number of phenols is 1. The van der Waals surface area contributed by atoms with E-state index in [1.807, 2.05) is 37.3 Å². The van der Waals surface area contributed by atoms with Gasteiger partial charge >= 0.3 is 11.4 Å². The van der Waals surface area contributed by atoms with Gasteiger partial charge in [-0.15, -0.1) is 0 Å². The van der Waals surface area contributed by atoms with E-state index in [2.05, 4.69) is 4.98 Å². The minimum absolute atomic E-state index is 0.447. The first-order valence-electron chi connectivity index (χ1n) is 6.61. The van der Waals surface area contributed by atoms with Crippen molar-refractivity contribution in [2.75, 3.05) is 0 Å². The molecule has 0 aliphatic rings. The van der Waals surface area contributed by atoms with Crippen LogP contribution in [0.1, 0.15) is 12.6 Å². The maximum atomic E-state index is 10.4. The molecule has 0 unspecified atom stereocenters. The molecule has 0 saturated carbocycles. The number of aromatic hydroxyl groups is 1. The van der Waals surface area contributed by atoms with E-state index in [0.29, 0.717) is 12.1 Å². The van der Waals surface area contributed by atoms with E-state index in [1.165, 1.54) is 0 Å². The van der Waals surface area contributed by atoms with E-state index in [4.69, 9.17) is 5.11 Å². The molecule has 0 fully saturated rings. The molecule has 0 aliphatic heterocycles. The molecule has 130 valence electrons. The number of nitrogens with zero attached hydrogens (tertiary/aromatic N) is 4. The third-order valence-electron chi connectivity index (χ3n) is 2.68. The van der Waals surface area contributed by atoms with E-state index in [9.17, 15) is 30.3 Å². The average molecular weight is 348 g/mol. The van der Waals surface area contributed by atoms with Gasteiger partial charge in [-0.25, -0.2) is 0 Å². The Hall–Kier alpha value is -3.89. The van der Waals surface area contributed by atoms with Gasteiger partial charge in [-0.3, -0.25) is 35.3 Å². The van der Waals surface area contributed by atoms with Crippen LogP contribution in [0.5, 0.6) is 5.75 Å². The molecule has 1 aromatic carbocycles. The number of nitro benzene ring substituents is 3. The molecular weight excluding hydrogens is 336 g/mol. The number of benzene rings is 1. The van der Waals surface area contributed by atoms with E-state index in [0.717, 1.165) is 5.69 Å². The molecule has 25 heavy (non-hydrogen) atoms. The number of non-ortho nitro benzene ring substituents is 1. The zero-order valence-electron chi connectivity index (χ0n) is 12.8. The Balaban J connectivity index is 0.000000293. The molecule has 0 amide bonds. The molecule has 11 heteroatoms. The molecule has 0 radical (unpaired) electrons. The summed E-state index contributed by atoms with van der Waals surface area (Å²) in [4.78, 5) is 31.9. The molecule has 0 atom stereocenters. The Labute approximate surface area is 140 Å². The number of hydrogen-bond acceptors (Lipinski definition) is 8. The zero-order valence-corrected chi connectivity index (χ0v) is 12.8. The van der Waals surface area contributed by atoms with Gasteiger partial charge in [0.15, 0.2) is 0 Å². The number of aromatic nitrogens is 1. The molecule has 2 aromatic rings. The number of rotatable bonds is 4. The largest absolute Gasteiger partial charge is 0.497 e. The van der Waals surface area contributed by atoms with Crippen LogP contribution in [-0.4, -0.2) is 24.9 Å². The second-order valence-corrected chi connectivity index (χ2v) is 4.36. The van der Waals surface area contributed by atoms with Gasteiger partial charge < -0.3 is 5.11 Å². The van der Waals surface area contributed by atoms with Crippen LogP contribution in [0.2, 0.25) is 0 Å². The van der Waals surface area contributed by atoms with E-state index in [-0.39, 0.29) is 0 Å². The summed E-state index contributed by atoms with van der Waals surface area (Å²) in [5.41, 5.74) is -1.99. The average Bonchev–Trinajstić information content (AvgIpc) is 2.56. The van der Waals surface area contributed by atoms with Gasteiger partial charge in [0.25, 0.3) is 11.4 Å². The Bertz CT molecular complexity index is 786. The predicted molar refractivity (Wildman–Crippen MR) is 87.0 cm³/mol. The molecule has 0 aliphatic carbocycles. The number of nitro groups is 3. The lowest BCUT2D eigenvalue weighted by Gasteiger charge is -1.97. The molecule has 1 N–H and O–H groups in total. The minimum atomic E-state index is -1.21. The van der Waals surface area contributed by atoms with Crippen molar-refractivity contribution in [1.82, 2.24) is 4.98 Å². The van der Waals surface area contributed by atoms with Crippen molar-refractivity contribution in [3.8, 4) is 5.75 Å². The van der Waals surface area contributed by atoms with Crippen molar-refractivity contribution < 1.29 is 19.9 Å². The van der Waals surface area contributed by atoms with Crippen molar-refractivity contribution in [1.29, 1.82) is 0 Å². The third-order valence-corrected chi connectivity index (χ3v) is 2.68. The standard InChI is InChI=1S/C8H9N.C6H3N3O7/c1-2-5-8-6-3-4-7-9-8;10-6-4(8(13)14)1-3(7(11)12)2-5(6)9(15)16/h2-7H,1H3;1-2,10H/b5-2+;. The van der Waals surface area contributed by atoms with Gasteiger partial charge in [-0.2, -0.15) is 0 Å².